The Hall–Kier alpha value is -1.50. The molecule has 0 heterocycles. The number of hydrogen-bond donors (Lipinski definition) is 1. The molecule has 0 saturated heterocycles. The molecule has 1 aromatic rings. The van der Waals surface area contributed by atoms with Crippen LogP contribution in [-0.2, 0) is 0 Å². The number of rotatable bonds is 6. The molecule has 0 aliphatic heterocycles. The minimum atomic E-state index is -0.896. The van der Waals surface area contributed by atoms with Crippen LogP contribution in [0.2, 0.25) is 0 Å². The SMILES string of the molecule is CCC(CC)(CBr)NC(=O)c1ccc([N+](=O)[O-])cc1F. The van der Waals surface area contributed by atoms with Gasteiger partial charge in [-0.25, -0.2) is 4.39 Å². The van der Waals surface area contributed by atoms with Gasteiger partial charge in [0.1, 0.15) is 5.82 Å². The molecule has 1 rings (SSSR count). The first-order chi connectivity index (χ1) is 9.39. The maximum Gasteiger partial charge on any atom is 0.272 e. The van der Waals surface area contributed by atoms with Gasteiger partial charge in [0.15, 0.2) is 0 Å². The number of alkyl halides is 1. The Kier molecular flexibility index (Phi) is 5.62. The molecule has 0 bridgehead atoms. The summed E-state index contributed by atoms with van der Waals surface area (Å²) in [5.74, 6) is -1.46. The first-order valence-electron chi connectivity index (χ1n) is 6.21. The molecule has 0 saturated carbocycles. The van der Waals surface area contributed by atoms with Crippen LogP contribution in [0.4, 0.5) is 10.1 Å². The molecule has 20 heavy (non-hydrogen) atoms. The van der Waals surface area contributed by atoms with Gasteiger partial charge in [0.2, 0.25) is 0 Å². The van der Waals surface area contributed by atoms with Crippen molar-refractivity contribution in [1.82, 2.24) is 5.32 Å². The maximum atomic E-state index is 13.8. The minimum Gasteiger partial charge on any atom is -0.346 e. The molecule has 5 nitrogen and oxygen atoms in total. The van der Waals surface area contributed by atoms with Gasteiger partial charge in [0.05, 0.1) is 16.6 Å². The monoisotopic (exact) mass is 346 g/mol. The zero-order chi connectivity index (χ0) is 15.3. The number of non-ortho nitro benzene ring substituents is 1. The summed E-state index contributed by atoms with van der Waals surface area (Å²) in [7, 11) is 0. The average molecular weight is 347 g/mol. The van der Waals surface area contributed by atoms with E-state index in [0.29, 0.717) is 18.2 Å². The largest absolute Gasteiger partial charge is 0.346 e. The van der Waals surface area contributed by atoms with Gasteiger partial charge in [0, 0.05) is 16.9 Å². The number of carbonyl (C=O) groups excluding carboxylic acids is 1. The van der Waals surface area contributed by atoms with Crippen LogP contribution >= 0.6 is 15.9 Å². The lowest BCUT2D eigenvalue weighted by Gasteiger charge is -2.30. The molecule has 0 aliphatic rings. The minimum absolute atomic E-state index is 0.192. The highest BCUT2D eigenvalue weighted by molar-refractivity contribution is 9.09. The maximum absolute atomic E-state index is 13.8. The summed E-state index contributed by atoms with van der Waals surface area (Å²) in [5.41, 5.74) is -1.02. The van der Waals surface area contributed by atoms with Crippen molar-refractivity contribution in [3.63, 3.8) is 0 Å². The standard InChI is InChI=1S/C13H16BrFN2O3/c1-3-13(4-2,8-14)16-12(18)10-6-5-9(17(19)20)7-11(10)15/h5-7H,3-4,8H2,1-2H3,(H,16,18). The fraction of sp³-hybridized carbons (Fsp3) is 0.462. The van der Waals surface area contributed by atoms with E-state index in [1.165, 1.54) is 0 Å². The zero-order valence-electron chi connectivity index (χ0n) is 11.3. The van der Waals surface area contributed by atoms with Gasteiger partial charge in [0.25, 0.3) is 11.6 Å². The molecule has 0 aliphatic carbocycles. The molecule has 1 amide bonds. The molecule has 0 spiro atoms. The molecule has 0 unspecified atom stereocenters. The Bertz CT molecular complexity index is 510. The van der Waals surface area contributed by atoms with Gasteiger partial charge in [-0.15, -0.1) is 0 Å². The van der Waals surface area contributed by atoms with E-state index < -0.39 is 22.2 Å². The number of benzene rings is 1. The first-order valence-corrected chi connectivity index (χ1v) is 7.33. The van der Waals surface area contributed by atoms with Crippen molar-refractivity contribution < 1.29 is 14.1 Å². The van der Waals surface area contributed by atoms with Gasteiger partial charge in [-0.05, 0) is 18.9 Å². The van der Waals surface area contributed by atoms with E-state index in [4.69, 9.17) is 0 Å². The Labute approximate surface area is 124 Å². The van der Waals surface area contributed by atoms with E-state index in [0.717, 1.165) is 18.2 Å². The quantitative estimate of drug-likeness (QED) is 0.487. The third-order valence-electron chi connectivity index (χ3n) is 3.40. The van der Waals surface area contributed by atoms with Crippen LogP contribution in [0.3, 0.4) is 0 Å². The second-order valence-corrected chi connectivity index (χ2v) is 5.06. The summed E-state index contributed by atoms with van der Waals surface area (Å²) in [6, 6.07) is 3.00. The number of nitro benzene ring substituents is 1. The fourth-order valence-electron chi connectivity index (χ4n) is 1.76. The van der Waals surface area contributed by atoms with Crippen molar-refractivity contribution in [3.05, 3.63) is 39.7 Å². The second kappa shape index (κ2) is 6.78. The molecular formula is C13H16BrFN2O3. The smallest absolute Gasteiger partial charge is 0.272 e. The van der Waals surface area contributed by atoms with Crippen molar-refractivity contribution in [3.8, 4) is 0 Å². The average Bonchev–Trinajstić information content (AvgIpc) is 2.44. The van der Waals surface area contributed by atoms with Crippen LogP contribution in [0, 0.1) is 15.9 Å². The summed E-state index contributed by atoms with van der Waals surface area (Å²) in [4.78, 5) is 21.9. The Balaban J connectivity index is 3.01. The number of nitro groups is 1. The number of halogens is 2. The third kappa shape index (κ3) is 3.53. The molecule has 1 aromatic carbocycles. The molecule has 0 fully saturated rings. The number of hydrogen-bond acceptors (Lipinski definition) is 3. The van der Waals surface area contributed by atoms with Gasteiger partial charge in [-0.2, -0.15) is 0 Å². The molecule has 110 valence electrons. The molecular weight excluding hydrogens is 331 g/mol. The van der Waals surface area contributed by atoms with E-state index in [1.54, 1.807) is 0 Å². The summed E-state index contributed by atoms with van der Waals surface area (Å²) in [6.45, 7) is 3.86. The molecule has 0 atom stereocenters. The number of carbonyl (C=O) groups is 1. The number of amides is 1. The van der Waals surface area contributed by atoms with Gasteiger partial charge in [-0.1, -0.05) is 29.8 Å². The van der Waals surface area contributed by atoms with E-state index in [1.807, 2.05) is 13.8 Å². The highest BCUT2D eigenvalue weighted by Crippen LogP contribution is 2.21. The van der Waals surface area contributed by atoms with Gasteiger partial charge < -0.3 is 5.32 Å². The topological polar surface area (TPSA) is 72.2 Å². The predicted octanol–water partition coefficient (Wildman–Crippen LogP) is 3.42. The Morgan fingerprint density at radius 1 is 1.45 bits per heavy atom. The summed E-state index contributed by atoms with van der Waals surface area (Å²) >= 11 is 3.35. The Morgan fingerprint density at radius 2 is 2.05 bits per heavy atom. The third-order valence-corrected chi connectivity index (χ3v) is 4.47. The van der Waals surface area contributed by atoms with Crippen LogP contribution in [0.25, 0.3) is 0 Å². The molecule has 0 radical (unpaired) electrons. The van der Waals surface area contributed by atoms with E-state index in [-0.39, 0.29) is 11.3 Å². The molecule has 7 heteroatoms. The van der Waals surface area contributed by atoms with Crippen LogP contribution in [0.5, 0.6) is 0 Å². The summed E-state index contributed by atoms with van der Waals surface area (Å²) in [5, 5.41) is 13.9. The Morgan fingerprint density at radius 3 is 2.45 bits per heavy atom. The highest BCUT2D eigenvalue weighted by atomic mass is 79.9. The van der Waals surface area contributed by atoms with Crippen molar-refractivity contribution >= 4 is 27.5 Å². The van der Waals surface area contributed by atoms with E-state index >= 15 is 0 Å². The van der Waals surface area contributed by atoms with Gasteiger partial charge >= 0.3 is 0 Å². The van der Waals surface area contributed by atoms with Crippen LogP contribution in [-0.4, -0.2) is 21.7 Å². The predicted molar refractivity (Wildman–Crippen MR) is 77.6 cm³/mol. The number of nitrogens with zero attached hydrogens (tertiary/aromatic N) is 1. The van der Waals surface area contributed by atoms with E-state index in [9.17, 15) is 19.3 Å². The van der Waals surface area contributed by atoms with Crippen LogP contribution < -0.4 is 5.32 Å². The highest BCUT2D eigenvalue weighted by Gasteiger charge is 2.28. The fourth-order valence-corrected chi connectivity index (χ4v) is 2.69. The second-order valence-electron chi connectivity index (χ2n) is 4.50. The van der Waals surface area contributed by atoms with Crippen molar-refractivity contribution in [2.45, 2.75) is 32.2 Å². The molecule has 1 N–H and O–H groups in total. The lowest BCUT2D eigenvalue weighted by atomic mass is 9.95. The summed E-state index contributed by atoms with van der Waals surface area (Å²) in [6.07, 6.45) is 1.38. The lowest BCUT2D eigenvalue weighted by molar-refractivity contribution is -0.385. The summed E-state index contributed by atoms with van der Waals surface area (Å²) < 4.78 is 13.8. The van der Waals surface area contributed by atoms with Crippen molar-refractivity contribution in [2.24, 2.45) is 0 Å². The normalized spacial score (nSPS) is 11.2. The molecule has 0 aromatic heterocycles. The van der Waals surface area contributed by atoms with Crippen molar-refractivity contribution in [2.75, 3.05) is 5.33 Å². The lowest BCUT2D eigenvalue weighted by Crippen LogP contribution is -2.49. The first kappa shape index (κ1) is 16.6. The van der Waals surface area contributed by atoms with Crippen LogP contribution in [0.1, 0.15) is 37.0 Å². The van der Waals surface area contributed by atoms with E-state index in [2.05, 4.69) is 21.2 Å². The van der Waals surface area contributed by atoms with Crippen molar-refractivity contribution in [1.29, 1.82) is 0 Å². The zero-order valence-corrected chi connectivity index (χ0v) is 12.9. The van der Waals surface area contributed by atoms with Crippen LogP contribution in [0.15, 0.2) is 18.2 Å². The number of nitrogens with one attached hydrogen (secondary N) is 1. The van der Waals surface area contributed by atoms with Gasteiger partial charge in [-0.3, -0.25) is 14.9 Å².